The zero-order valence-electron chi connectivity index (χ0n) is 15.6. The van der Waals surface area contributed by atoms with Crippen LogP contribution in [0.4, 0.5) is 0 Å². The molecule has 2 aliphatic heterocycles. The largest absolute Gasteiger partial charge is 0.392 e. The molecule has 1 saturated heterocycles. The summed E-state index contributed by atoms with van der Waals surface area (Å²) in [5.74, 6) is 0.249. The molecule has 2 bridgehead atoms. The molecule has 0 saturated carbocycles. The van der Waals surface area contributed by atoms with E-state index in [2.05, 4.69) is 13.8 Å². The van der Waals surface area contributed by atoms with E-state index in [0.29, 0.717) is 25.7 Å². The molecule has 4 atom stereocenters. The standard InChI is InChI=1S/C20H34O4/c1-15(2)20-12-10-18(3,22)9-5-6-16(14-21)7-8-17(24-20)19(4,23)11-13-20/h6,10,12,15,17,21-23H,5,7-9,11,13-14H2,1-4H3/b12-10+,16-6-/t17-,18-,19-,20-/m0/s1. The van der Waals surface area contributed by atoms with E-state index in [9.17, 15) is 15.3 Å². The molecule has 138 valence electrons. The smallest absolute Gasteiger partial charge is 0.0892 e. The third kappa shape index (κ3) is 4.48. The van der Waals surface area contributed by atoms with Gasteiger partial charge in [-0.1, -0.05) is 32.1 Å². The van der Waals surface area contributed by atoms with Gasteiger partial charge in [0.05, 0.1) is 29.5 Å². The van der Waals surface area contributed by atoms with Crippen molar-refractivity contribution in [2.45, 2.75) is 89.1 Å². The Bertz CT molecular complexity index is 490. The highest BCUT2D eigenvalue weighted by atomic mass is 16.5. The van der Waals surface area contributed by atoms with Crippen molar-refractivity contribution in [1.82, 2.24) is 0 Å². The van der Waals surface area contributed by atoms with Crippen LogP contribution in [0, 0.1) is 5.92 Å². The van der Waals surface area contributed by atoms with E-state index in [0.717, 1.165) is 18.4 Å². The molecule has 1 fully saturated rings. The Hall–Kier alpha value is -0.680. The molecule has 0 radical (unpaired) electrons. The number of rotatable bonds is 2. The summed E-state index contributed by atoms with van der Waals surface area (Å²) in [6.45, 7) is 7.92. The highest BCUT2D eigenvalue weighted by molar-refractivity contribution is 5.15. The molecule has 0 aliphatic carbocycles. The fraction of sp³-hybridized carbons (Fsp3) is 0.800. The van der Waals surface area contributed by atoms with Crippen molar-refractivity contribution in [3.63, 3.8) is 0 Å². The van der Waals surface area contributed by atoms with E-state index in [4.69, 9.17) is 4.74 Å². The van der Waals surface area contributed by atoms with Gasteiger partial charge in [0.25, 0.3) is 0 Å². The lowest BCUT2D eigenvalue weighted by Gasteiger charge is -2.49. The van der Waals surface area contributed by atoms with Gasteiger partial charge in [-0.3, -0.25) is 0 Å². The molecule has 4 nitrogen and oxygen atoms in total. The van der Waals surface area contributed by atoms with Crippen LogP contribution in [0.15, 0.2) is 23.8 Å². The third-order valence-electron chi connectivity index (χ3n) is 5.79. The summed E-state index contributed by atoms with van der Waals surface area (Å²) in [4.78, 5) is 0. The van der Waals surface area contributed by atoms with E-state index in [1.807, 2.05) is 32.1 Å². The van der Waals surface area contributed by atoms with Gasteiger partial charge in [-0.15, -0.1) is 0 Å². The minimum atomic E-state index is -0.906. The van der Waals surface area contributed by atoms with Gasteiger partial charge in [0.1, 0.15) is 0 Å². The predicted molar refractivity (Wildman–Crippen MR) is 95.7 cm³/mol. The SMILES string of the molecule is CC(C)[C@@]12/C=C/[C@@](C)(O)CC/C=C(\CO)CC[C@H](O1)[C@@](C)(O)CC2. The number of aliphatic hydroxyl groups excluding tert-OH is 1. The zero-order valence-corrected chi connectivity index (χ0v) is 15.6. The van der Waals surface area contributed by atoms with Crippen LogP contribution >= 0.6 is 0 Å². The first kappa shape index (κ1) is 19.6. The quantitative estimate of drug-likeness (QED) is 0.677. The molecule has 0 amide bonds. The second-order valence-electron chi connectivity index (χ2n) is 8.36. The van der Waals surface area contributed by atoms with E-state index in [1.165, 1.54) is 0 Å². The fourth-order valence-electron chi connectivity index (χ4n) is 3.70. The van der Waals surface area contributed by atoms with Gasteiger partial charge in [0, 0.05) is 0 Å². The van der Waals surface area contributed by atoms with Gasteiger partial charge in [-0.05, 0) is 63.9 Å². The van der Waals surface area contributed by atoms with Gasteiger partial charge in [0.2, 0.25) is 0 Å². The molecule has 0 spiro atoms. The Morgan fingerprint density at radius 3 is 2.50 bits per heavy atom. The van der Waals surface area contributed by atoms with Crippen molar-refractivity contribution in [2.75, 3.05) is 6.61 Å². The molecular weight excluding hydrogens is 304 g/mol. The van der Waals surface area contributed by atoms with Gasteiger partial charge in [-0.2, -0.15) is 0 Å². The maximum absolute atomic E-state index is 10.8. The first-order valence-corrected chi connectivity index (χ1v) is 9.22. The van der Waals surface area contributed by atoms with Crippen molar-refractivity contribution in [1.29, 1.82) is 0 Å². The van der Waals surface area contributed by atoms with Crippen LogP contribution in [0.5, 0.6) is 0 Å². The average Bonchev–Trinajstić information content (AvgIpc) is 2.49. The van der Waals surface area contributed by atoms with Gasteiger partial charge < -0.3 is 20.1 Å². The molecular formula is C20H34O4. The summed E-state index contributed by atoms with van der Waals surface area (Å²) in [6.07, 6.45) is 9.76. The lowest BCUT2D eigenvalue weighted by atomic mass is 9.75. The van der Waals surface area contributed by atoms with Crippen LogP contribution in [0.1, 0.15) is 66.2 Å². The summed E-state index contributed by atoms with van der Waals surface area (Å²) >= 11 is 0. The van der Waals surface area contributed by atoms with Crippen molar-refractivity contribution >= 4 is 0 Å². The highest BCUT2D eigenvalue weighted by Crippen LogP contribution is 2.43. The molecule has 3 N–H and O–H groups in total. The summed E-state index contributed by atoms with van der Waals surface area (Å²) < 4.78 is 6.45. The van der Waals surface area contributed by atoms with Crippen molar-refractivity contribution in [3.05, 3.63) is 23.8 Å². The van der Waals surface area contributed by atoms with Crippen molar-refractivity contribution in [2.24, 2.45) is 5.92 Å². The number of fused-ring (bicyclic) bond motifs is 2. The number of aliphatic hydroxyl groups is 3. The maximum Gasteiger partial charge on any atom is 0.0892 e. The lowest BCUT2D eigenvalue weighted by molar-refractivity contribution is -0.210. The molecule has 2 rings (SSSR count). The third-order valence-corrected chi connectivity index (χ3v) is 5.79. The normalized spacial score (nSPS) is 45.0. The fourth-order valence-corrected chi connectivity index (χ4v) is 3.70. The highest BCUT2D eigenvalue weighted by Gasteiger charge is 2.47. The Morgan fingerprint density at radius 1 is 1.17 bits per heavy atom. The van der Waals surface area contributed by atoms with E-state index in [1.54, 1.807) is 0 Å². The number of hydrogen-bond acceptors (Lipinski definition) is 4. The first-order chi connectivity index (χ1) is 11.1. The Morgan fingerprint density at radius 2 is 1.88 bits per heavy atom. The van der Waals surface area contributed by atoms with Crippen molar-refractivity contribution in [3.8, 4) is 0 Å². The van der Waals surface area contributed by atoms with Gasteiger partial charge >= 0.3 is 0 Å². The molecule has 0 unspecified atom stereocenters. The molecule has 0 aromatic heterocycles. The van der Waals surface area contributed by atoms with Crippen LogP contribution in [-0.4, -0.2) is 44.8 Å². The number of hydrogen-bond donors (Lipinski definition) is 3. The molecule has 0 aromatic carbocycles. The second kappa shape index (κ2) is 7.28. The van der Waals surface area contributed by atoms with E-state index < -0.39 is 16.8 Å². The monoisotopic (exact) mass is 338 g/mol. The molecule has 4 heteroatoms. The van der Waals surface area contributed by atoms with Gasteiger partial charge in [0.15, 0.2) is 0 Å². The average molecular weight is 338 g/mol. The van der Waals surface area contributed by atoms with Crippen LogP contribution in [0.2, 0.25) is 0 Å². The minimum absolute atomic E-state index is 0.0160. The van der Waals surface area contributed by atoms with Crippen LogP contribution in [0.25, 0.3) is 0 Å². The minimum Gasteiger partial charge on any atom is -0.392 e. The van der Waals surface area contributed by atoms with Gasteiger partial charge in [-0.25, -0.2) is 0 Å². The maximum atomic E-state index is 10.8. The molecule has 24 heavy (non-hydrogen) atoms. The Labute approximate surface area is 146 Å². The summed E-state index contributed by atoms with van der Waals surface area (Å²) in [6, 6.07) is 0. The van der Waals surface area contributed by atoms with E-state index in [-0.39, 0.29) is 18.6 Å². The topological polar surface area (TPSA) is 69.9 Å². The number of ether oxygens (including phenoxy) is 1. The summed E-state index contributed by atoms with van der Waals surface area (Å²) in [7, 11) is 0. The number of allylic oxidation sites excluding steroid dienone is 1. The second-order valence-corrected chi connectivity index (χ2v) is 8.36. The molecule has 2 heterocycles. The lowest BCUT2D eigenvalue weighted by Crippen LogP contribution is -2.55. The summed E-state index contributed by atoms with van der Waals surface area (Å²) in [5.41, 5.74) is -1.27. The van der Waals surface area contributed by atoms with Crippen LogP contribution in [0.3, 0.4) is 0 Å². The summed E-state index contributed by atoms with van der Waals surface area (Å²) in [5, 5.41) is 31.0. The molecule has 0 aromatic rings. The Kier molecular flexibility index (Phi) is 5.96. The predicted octanol–water partition coefficient (Wildman–Crippen LogP) is 3.11. The van der Waals surface area contributed by atoms with Crippen LogP contribution in [-0.2, 0) is 4.74 Å². The molecule has 2 aliphatic rings. The van der Waals surface area contributed by atoms with Crippen molar-refractivity contribution < 1.29 is 20.1 Å². The van der Waals surface area contributed by atoms with E-state index >= 15 is 0 Å². The first-order valence-electron chi connectivity index (χ1n) is 9.22. The Balaban J connectivity index is 2.38. The van der Waals surface area contributed by atoms with Crippen LogP contribution < -0.4 is 0 Å². The zero-order chi connectivity index (χ0) is 18.0.